The molecule has 1 aliphatic heterocycles. The number of primary amides is 1. The third kappa shape index (κ3) is 3.12. The van der Waals surface area contributed by atoms with Gasteiger partial charge in [0, 0.05) is 11.3 Å². The Morgan fingerprint density at radius 2 is 1.86 bits per heavy atom. The molecule has 0 aromatic heterocycles. The molecule has 0 fully saturated rings. The maximum Gasteiger partial charge on any atom is 0.248 e. The number of carbonyl (C=O) groups is 2. The Kier molecular flexibility index (Phi) is 4.54. The average molecular weight is 390 g/mol. The van der Waals surface area contributed by atoms with E-state index in [2.05, 4.69) is 5.32 Å². The highest BCUT2D eigenvalue weighted by Gasteiger charge is 2.48. The number of benzene rings is 3. The van der Waals surface area contributed by atoms with Gasteiger partial charge in [0.1, 0.15) is 17.0 Å². The number of amides is 2. The molecule has 1 aliphatic rings. The van der Waals surface area contributed by atoms with Gasteiger partial charge in [0.05, 0.1) is 7.11 Å². The van der Waals surface area contributed by atoms with Crippen LogP contribution in [-0.4, -0.2) is 18.9 Å². The van der Waals surface area contributed by atoms with Crippen molar-refractivity contribution in [3.8, 4) is 5.75 Å². The monoisotopic (exact) mass is 390 g/mol. The van der Waals surface area contributed by atoms with Crippen molar-refractivity contribution in [1.82, 2.24) is 0 Å². The quantitative estimate of drug-likeness (QED) is 0.700. The number of methoxy groups -OCH3 is 1. The van der Waals surface area contributed by atoms with Crippen LogP contribution in [0.1, 0.15) is 27.0 Å². The molecule has 3 aromatic carbocycles. The van der Waals surface area contributed by atoms with Gasteiger partial charge in [-0.05, 0) is 65.6 Å². The van der Waals surface area contributed by atoms with E-state index in [1.54, 1.807) is 49.6 Å². The van der Waals surface area contributed by atoms with E-state index >= 15 is 0 Å². The third-order valence-corrected chi connectivity index (χ3v) is 5.34. The van der Waals surface area contributed by atoms with Crippen LogP contribution >= 0.6 is 0 Å². The first-order chi connectivity index (χ1) is 13.9. The minimum Gasteiger partial charge on any atom is -0.497 e. The van der Waals surface area contributed by atoms with E-state index < -0.39 is 11.3 Å². The molecule has 0 bridgehead atoms. The van der Waals surface area contributed by atoms with Crippen molar-refractivity contribution < 1.29 is 18.7 Å². The van der Waals surface area contributed by atoms with E-state index in [0.29, 0.717) is 22.6 Å². The van der Waals surface area contributed by atoms with E-state index in [-0.39, 0.29) is 18.1 Å². The van der Waals surface area contributed by atoms with Crippen molar-refractivity contribution in [2.24, 2.45) is 5.73 Å². The summed E-state index contributed by atoms with van der Waals surface area (Å²) in [4.78, 5) is 24.9. The molecule has 1 heterocycles. The molecule has 5 nitrogen and oxygen atoms in total. The zero-order chi connectivity index (χ0) is 20.6. The van der Waals surface area contributed by atoms with Crippen LogP contribution in [0.15, 0.2) is 66.7 Å². The molecule has 3 N–H and O–H groups in total. The van der Waals surface area contributed by atoms with Crippen molar-refractivity contribution >= 4 is 17.5 Å². The first-order valence-corrected chi connectivity index (χ1v) is 9.09. The molecule has 3 aromatic rings. The lowest BCUT2D eigenvalue weighted by molar-refractivity contribution is -0.119. The largest absolute Gasteiger partial charge is 0.497 e. The van der Waals surface area contributed by atoms with Gasteiger partial charge in [0.25, 0.3) is 0 Å². The zero-order valence-corrected chi connectivity index (χ0v) is 15.7. The molecule has 29 heavy (non-hydrogen) atoms. The van der Waals surface area contributed by atoms with Gasteiger partial charge in [0.2, 0.25) is 11.8 Å². The second-order valence-electron chi connectivity index (χ2n) is 7.02. The Labute approximate surface area is 167 Å². The van der Waals surface area contributed by atoms with Gasteiger partial charge in [-0.3, -0.25) is 9.59 Å². The second-order valence-corrected chi connectivity index (χ2v) is 7.02. The van der Waals surface area contributed by atoms with Crippen molar-refractivity contribution in [2.45, 2.75) is 11.8 Å². The van der Waals surface area contributed by atoms with Crippen LogP contribution in [0.3, 0.4) is 0 Å². The molecule has 0 radical (unpaired) electrons. The highest BCUT2D eigenvalue weighted by Crippen LogP contribution is 2.46. The standard InChI is InChI=1S/C23H19FN2O3/c1-29-18-9-10-20-19(12-18)23(22(28)26-20,16-5-7-17(24)8-6-16)13-14-3-2-4-15(11-14)21(25)27/h2-12H,13H2,1H3,(H2,25,27)(H,26,28). The summed E-state index contributed by atoms with van der Waals surface area (Å²) in [6.45, 7) is 0. The Morgan fingerprint density at radius 1 is 1.10 bits per heavy atom. The number of nitrogens with one attached hydrogen (secondary N) is 1. The van der Waals surface area contributed by atoms with E-state index in [0.717, 1.165) is 11.1 Å². The summed E-state index contributed by atoms with van der Waals surface area (Å²) in [6.07, 6.45) is 0.270. The molecular weight excluding hydrogens is 371 g/mol. The van der Waals surface area contributed by atoms with Crippen LogP contribution in [0.5, 0.6) is 5.75 Å². The Balaban J connectivity index is 1.93. The minimum atomic E-state index is -1.10. The van der Waals surface area contributed by atoms with Gasteiger partial charge >= 0.3 is 0 Å². The van der Waals surface area contributed by atoms with Gasteiger partial charge in [-0.2, -0.15) is 0 Å². The highest BCUT2D eigenvalue weighted by atomic mass is 19.1. The molecule has 0 saturated carbocycles. The lowest BCUT2D eigenvalue weighted by atomic mass is 9.71. The summed E-state index contributed by atoms with van der Waals surface area (Å²) in [7, 11) is 1.56. The maximum atomic E-state index is 13.6. The predicted octanol–water partition coefficient (Wildman–Crippen LogP) is 3.41. The fraction of sp³-hybridized carbons (Fsp3) is 0.130. The fourth-order valence-corrected chi connectivity index (χ4v) is 3.90. The van der Waals surface area contributed by atoms with Gasteiger partial charge in [-0.15, -0.1) is 0 Å². The molecule has 6 heteroatoms. The number of fused-ring (bicyclic) bond motifs is 1. The minimum absolute atomic E-state index is 0.225. The lowest BCUT2D eigenvalue weighted by Gasteiger charge is -2.29. The van der Waals surface area contributed by atoms with Crippen LogP contribution in [0.25, 0.3) is 0 Å². The van der Waals surface area contributed by atoms with Crippen molar-refractivity contribution in [3.05, 3.63) is 94.8 Å². The van der Waals surface area contributed by atoms with E-state index in [4.69, 9.17) is 10.5 Å². The van der Waals surface area contributed by atoms with Crippen LogP contribution in [0.4, 0.5) is 10.1 Å². The SMILES string of the molecule is COc1ccc2c(c1)C(Cc1cccc(C(N)=O)c1)(c1ccc(F)cc1)C(=O)N2. The van der Waals surface area contributed by atoms with Gasteiger partial charge in [0.15, 0.2) is 0 Å². The average Bonchev–Trinajstić information content (AvgIpc) is 3.00. The van der Waals surface area contributed by atoms with Crippen LogP contribution in [0, 0.1) is 5.82 Å². The second kappa shape index (κ2) is 7.05. The van der Waals surface area contributed by atoms with Crippen LogP contribution in [0.2, 0.25) is 0 Å². The molecular formula is C23H19FN2O3. The summed E-state index contributed by atoms with van der Waals surface area (Å²) < 4.78 is 19.0. The molecule has 0 saturated heterocycles. The number of ether oxygens (including phenoxy) is 1. The lowest BCUT2D eigenvalue weighted by Crippen LogP contribution is -2.38. The normalized spacial score (nSPS) is 17.5. The molecule has 4 rings (SSSR count). The van der Waals surface area contributed by atoms with Gasteiger partial charge in [-0.25, -0.2) is 4.39 Å². The van der Waals surface area contributed by atoms with Crippen LogP contribution < -0.4 is 15.8 Å². The first-order valence-electron chi connectivity index (χ1n) is 9.09. The number of carbonyl (C=O) groups excluding carboxylic acids is 2. The van der Waals surface area contributed by atoms with Crippen molar-refractivity contribution in [1.29, 1.82) is 0 Å². The summed E-state index contributed by atoms with van der Waals surface area (Å²) in [6, 6.07) is 18.1. The van der Waals surface area contributed by atoms with E-state index in [9.17, 15) is 14.0 Å². The Bertz CT molecular complexity index is 1110. The predicted molar refractivity (Wildman–Crippen MR) is 107 cm³/mol. The topological polar surface area (TPSA) is 81.4 Å². The highest BCUT2D eigenvalue weighted by molar-refractivity contribution is 6.09. The molecule has 1 unspecified atom stereocenters. The van der Waals surface area contributed by atoms with E-state index in [1.165, 1.54) is 12.1 Å². The smallest absolute Gasteiger partial charge is 0.248 e. The number of hydrogen-bond donors (Lipinski definition) is 2. The third-order valence-electron chi connectivity index (χ3n) is 5.34. The summed E-state index contributed by atoms with van der Waals surface area (Å²) in [5, 5.41) is 2.93. The zero-order valence-electron chi connectivity index (χ0n) is 15.7. The molecule has 2 amide bonds. The Hall–Kier alpha value is -3.67. The fourth-order valence-electron chi connectivity index (χ4n) is 3.90. The van der Waals surface area contributed by atoms with Gasteiger partial charge in [-0.1, -0.05) is 24.3 Å². The first kappa shape index (κ1) is 18.7. The number of hydrogen-bond acceptors (Lipinski definition) is 3. The molecule has 0 aliphatic carbocycles. The summed E-state index contributed by atoms with van der Waals surface area (Å²) in [5.74, 6) is -0.543. The number of nitrogens with two attached hydrogens (primary N) is 1. The van der Waals surface area contributed by atoms with Crippen molar-refractivity contribution in [3.63, 3.8) is 0 Å². The number of halogens is 1. The molecule has 146 valence electrons. The van der Waals surface area contributed by atoms with Crippen LogP contribution in [-0.2, 0) is 16.6 Å². The molecule has 0 spiro atoms. The molecule has 1 atom stereocenters. The Morgan fingerprint density at radius 3 is 2.55 bits per heavy atom. The number of rotatable bonds is 5. The maximum absolute atomic E-state index is 13.6. The summed E-state index contributed by atoms with van der Waals surface area (Å²) in [5.41, 5.74) is 7.49. The van der Waals surface area contributed by atoms with E-state index in [1.807, 2.05) is 12.1 Å². The summed E-state index contributed by atoms with van der Waals surface area (Å²) >= 11 is 0. The van der Waals surface area contributed by atoms with Crippen molar-refractivity contribution in [2.75, 3.05) is 12.4 Å². The number of anilines is 1. The van der Waals surface area contributed by atoms with Gasteiger partial charge < -0.3 is 15.8 Å².